The van der Waals surface area contributed by atoms with E-state index in [2.05, 4.69) is 5.32 Å². The van der Waals surface area contributed by atoms with Crippen LogP contribution in [0, 0.1) is 10.1 Å². The maximum absolute atomic E-state index is 10.7. The van der Waals surface area contributed by atoms with Gasteiger partial charge in [0.15, 0.2) is 0 Å². The Morgan fingerprint density at radius 1 is 1.60 bits per heavy atom. The molecule has 0 unspecified atom stereocenters. The molecule has 1 heterocycles. The Hall–Kier alpha value is -2.11. The van der Waals surface area contributed by atoms with Crippen LogP contribution in [-0.2, 0) is 11.2 Å². The maximum Gasteiger partial charge on any atom is 0.326 e. The predicted molar refractivity (Wildman–Crippen MR) is 51.8 cm³/mol. The number of nitrogens with one attached hydrogen (secondary N) is 1. The summed E-state index contributed by atoms with van der Waals surface area (Å²) in [5.41, 5.74) is 0.933. The van der Waals surface area contributed by atoms with E-state index < -0.39 is 16.9 Å². The molecule has 15 heavy (non-hydrogen) atoms. The molecule has 0 aliphatic carbocycles. The normalized spacial score (nSPS) is 18.0. The summed E-state index contributed by atoms with van der Waals surface area (Å²) in [6, 6.07) is 3.85. The smallest absolute Gasteiger partial charge is 0.326 e. The molecule has 0 saturated carbocycles. The van der Waals surface area contributed by atoms with Crippen molar-refractivity contribution in [2.24, 2.45) is 0 Å². The number of para-hydroxylation sites is 1. The van der Waals surface area contributed by atoms with Crippen LogP contribution in [0.3, 0.4) is 0 Å². The van der Waals surface area contributed by atoms with E-state index in [0.717, 1.165) is 0 Å². The van der Waals surface area contributed by atoms with Gasteiger partial charge < -0.3 is 10.4 Å². The van der Waals surface area contributed by atoms with E-state index in [1.54, 1.807) is 12.1 Å². The predicted octanol–water partition coefficient (Wildman–Crippen LogP) is 1.02. The van der Waals surface area contributed by atoms with Gasteiger partial charge in [0, 0.05) is 12.5 Å². The van der Waals surface area contributed by atoms with Crippen LogP contribution in [-0.4, -0.2) is 22.0 Å². The van der Waals surface area contributed by atoms with Crippen LogP contribution in [0.2, 0.25) is 0 Å². The van der Waals surface area contributed by atoms with Crippen LogP contribution in [0.5, 0.6) is 0 Å². The number of carboxylic acid groups (broad SMARTS) is 1. The first-order valence-electron chi connectivity index (χ1n) is 4.35. The van der Waals surface area contributed by atoms with E-state index in [0.29, 0.717) is 11.3 Å². The van der Waals surface area contributed by atoms with Crippen LogP contribution < -0.4 is 5.32 Å². The minimum atomic E-state index is -1.000. The third-order valence-corrected chi connectivity index (χ3v) is 2.37. The van der Waals surface area contributed by atoms with Crippen molar-refractivity contribution in [3.05, 3.63) is 33.9 Å². The maximum atomic E-state index is 10.7. The molecule has 0 aromatic heterocycles. The number of hydrogen-bond acceptors (Lipinski definition) is 4. The molecule has 0 radical (unpaired) electrons. The van der Waals surface area contributed by atoms with E-state index in [1.807, 2.05) is 0 Å². The van der Waals surface area contributed by atoms with Crippen molar-refractivity contribution < 1.29 is 14.8 Å². The molecule has 1 atom stereocenters. The number of rotatable bonds is 2. The molecule has 1 aliphatic heterocycles. The molecule has 6 heteroatoms. The first kappa shape index (κ1) is 9.45. The molecule has 1 aromatic carbocycles. The molecule has 0 bridgehead atoms. The van der Waals surface area contributed by atoms with Gasteiger partial charge in [-0.2, -0.15) is 0 Å². The van der Waals surface area contributed by atoms with Crippen LogP contribution in [0.1, 0.15) is 5.56 Å². The summed E-state index contributed by atoms with van der Waals surface area (Å²) in [6.07, 6.45) is 0.284. The lowest BCUT2D eigenvalue weighted by molar-refractivity contribution is -0.383. The summed E-state index contributed by atoms with van der Waals surface area (Å²) < 4.78 is 0. The molecule has 0 amide bonds. The summed E-state index contributed by atoms with van der Waals surface area (Å²) >= 11 is 0. The molecule has 6 nitrogen and oxygen atoms in total. The Labute approximate surface area is 84.7 Å². The zero-order valence-corrected chi connectivity index (χ0v) is 7.64. The highest BCUT2D eigenvalue weighted by Gasteiger charge is 2.31. The standard InChI is InChI=1S/C9H8N2O4/c12-9(13)6-4-5-2-1-3-7(11(14)15)8(5)10-6/h1-3,6,10H,4H2,(H,12,13)/t6-/m0/s1. The zero-order chi connectivity index (χ0) is 11.0. The van der Waals surface area contributed by atoms with Gasteiger partial charge in [-0.25, -0.2) is 4.79 Å². The number of nitro groups is 1. The topological polar surface area (TPSA) is 92.5 Å². The van der Waals surface area contributed by atoms with E-state index in [4.69, 9.17) is 5.11 Å². The van der Waals surface area contributed by atoms with Crippen LogP contribution in [0.15, 0.2) is 18.2 Å². The highest BCUT2D eigenvalue weighted by atomic mass is 16.6. The van der Waals surface area contributed by atoms with Gasteiger partial charge in [0.05, 0.1) is 4.92 Å². The van der Waals surface area contributed by atoms with Crippen LogP contribution >= 0.6 is 0 Å². The average molecular weight is 208 g/mol. The molecule has 0 spiro atoms. The highest BCUT2D eigenvalue weighted by Crippen LogP contribution is 2.34. The van der Waals surface area contributed by atoms with Gasteiger partial charge in [0.2, 0.25) is 0 Å². The number of anilines is 1. The van der Waals surface area contributed by atoms with E-state index >= 15 is 0 Å². The quantitative estimate of drug-likeness (QED) is 0.559. The second-order valence-electron chi connectivity index (χ2n) is 3.31. The van der Waals surface area contributed by atoms with E-state index in [1.165, 1.54) is 6.07 Å². The number of benzene rings is 1. The highest BCUT2D eigenvalue weighted by molar-refractivity contribution is 5.84. The Kier molecular flexibility index (Phi) is 2.03. The van der Waals surface area contributed by atoms with Crippen molar-refractivity contribution in [3.63, 3.8) is 0 Å². The number of fused-ring (bicyclic) bond motifs is 1. The fraction of sp³-hybridized carbons (Fsp3) is 0.222. The zero-order valence-electron chi connectivity index (χ0n) is 7.64. The molecule has 1 aliphatic rings. The SMILES string of the molecule is O=C(O)[C@@H]1Cc2cccc([N+](=O)[O-])c2N1. The molecule has 0 fully saturated rings. The fourth-order valence-electron chi connectivity index (χ4n) is 1.67. The van der Waals surface area contributed by atoms with E-state index in [9.17, 15) is 14.9 Å². The summed E-state index contributed by atoms with van der Waals surface area (Å²) in [5, 5.41) is 22.1. The second-order valence-corrected chi connectivity index (χ2v) is 3.31. The lowest BCUT2D eigenvalue weighted by atomic mass is 10.1. The Balaban J connectivity index is 2.41. The monoisotopic (exact) mass is 208 g/mol. The van der Waals surface area contributed by atoms with Gasteiger partial charge in [-0.1, -0.05) is 12.1 Å². The third kappa shape index (κ3) is 1.50. The summed E-state index contributed by atoms with van der Waals surface area (Å²) in [6.45, 7) is 0. The van der Waals surface area contributed by atoms with Crippen molar-refractivity contribution in [1.29, 1.82) is 0 Å². The molecule has 1 aromatic rings. The third-order valence-electron chi connectivity index (χ3n) is 2.37. The molecule has 2 N–H and O–H groups in total. The minimum Gasteiger partial charge on any atom is -0.480 e. The number of hydrogen-bond donors (Lipinski definition) is 2. The Bertz CT molecular complexity index is 444. The fourth-order valence-corrected chi connectivity index (χ4v) is 1.67. The minimum absolute atomic E-state index is 0.0729. The van der Waals surface area contributed by atoms with Gasteiger partial charge in [-0.05, 0) is 5.56 Å². The average Bonchev–Trinajstić information content (AvgIpc) is 2.60. The first-order chi connectivity index (χ1) is 7.09. The molecule has 0 saturated heterocycles. The number of nitrogens with zero attached hydrogens (tertiary/aromatic N) is 1. The summed E-state index contributed by atoms with van der Waals surface area (Å²) in [7, 11) is 0. The molecular weight excluding hydrogens is 200 g/mol. The number of aliphatic carboxylic acids is 1. The van der Waals surface area contributed by atoms with Gasteiger partial charge in [0.25, 0.3) is 5.69 Å². The van der Waals surface area contributed by atoms with Gasteiger partial charge in [-0.15, -0.1) is 0 Å². The molecule has 2 rings (SSSR count). The van der Waals surface area contributed by atoms with Crippen molar-refractivity contribution in [2.45, 2.75) is 12.5 Å². The van der Waals surface area contributed by atoms with Gasteiger partial charge in [-0.3, -0.25) is 10.1 Å². The number of carbonyl (C=O) groups is 1. The van der Waals surface area contributed by atoms with Crippen molar-refractivity contribution in [1.82, 2.24) is 0 Å². The number of carboxylic acids is 1. The van der Waals surface area contributed by atoms with Gasteiger partial charge in [0.1, 0.15) is 11.7 Å². The van der Waals surface area contributed by atoms with Crippen LogP contribution in [0.4, 0.5) is 11.4 Å². The Morgan fingerprint density at radius 3 is 2.93 bits per heavy atom. The first-order valence-corrected chi connectivity index (χ1v) is 4.35. The molecular formula is C9H8N2O4. The van der Waals surface area contributed by atoms with Crippen molar-refractivity contribution in [3.8, 4) is 0 Å². The Morgan fingerprint density at radius 2 is 2.33 bits per heavy atom. The van der Waals surface area contributed by atoms with Gasteiger partial charge >= 0.3 is 5.97 Å². The van der Waals surface area contributed by atoms with Crippen LogP contribution in [0.25, 0.3) is 0 Å². The van der Waals surface area contributed by atoms with Crippen molar-refractivity contribution >= 4 is 17.3 Å². The summed E-state index contributed by atoms with van der Waals surface area (Å²) in [5.74, 6) is -1.000. The largest absolute Gasteiger partial charge is 0.480 e. The number of nitro benzene ring substituents is 1. The van der Waals surface area contributed by atoms with Crippen molar-refractivity contribution in [2.75, 3.05) is 5.32 Å². The second kappa shape index (κ2) is 3.23. The summed E-state index contributed by atoms with van der Waals surface area (Å²) in [4.78, 5) is 20.9. The van der Waals surface area contributed by atoms with E-state index in [-0.39, 0.29) is 12.1 Å². The molecule has 78 valence electrons. The lowest BCUT2D eigenvalue weighted by Crippen LogP contribution is -2.26. The lowest BCUT2D eigenvalue weighted by Gasteiger charge is -2.04.